The van der Waals surface area contributed by atoms with Crippen molar-refractivity contribution < 1.29 is 4.74 Å². The minimum Gasteiger partial charge on any atom is -0.376 e. The average Bonchev–Trinajstić information content (AvgIpc) is 2.29. The molecule has 0 aromatic carbocycles. The van der Waals surface area contributed by atoms with E-state index in [1.165, 1.54) is 5.69 Å². The number of ether oxygens (including phenoxy) is 1. The highest BCUT2D eigenvalue weighted by molar-refractivity contribution is 5.85. The Hall–Kier alpha value is -0.640. The van der Waals surface area contributed by atoms with Crippen LogP contribution in [0.1, 0.15) is 38.8 Å². The molecule has 18 heavy (non-hydrogen) atoms. The lowest BCUT2D eigenvalue weighted by molar-refractivity contribution is -0.0844. The van der Waals surface area contributed by atoms with Gasteiger partial charge in [-0.1, -0.05) is 6.07 Å². The fourth-order valence-corrected chi connectivity index (χ4v) is 2.99. The van der Waals surface area contributed by atoms with Crippen LogP contribution in [0.3, 0.4) is 0 Å². The number of aromatic nitrogens is 1. The van der Waals surface area contributed by atoms with Gasteiger partial charge in [0.1, 0.15) is 0 Å². The summed E-state index contributed by atoms with van der Waals surface area (Å²) < 4.78 is 5.82. The van der Waals surface area contributed by atoms with Crippen LogP contribution in [0.25, 0.3) is 0 Å². The molecule has 1 unspecified atom stereocenters. The average molecular weight is 271 g/mol. The first-order valence-electron chi connectivity index (χ1n) is 6.34. The standard InChI is InChI=1S/C14H22N2O.ClH/c1-13(2)11-14(6-8-15,7-10-17-13)12-5-3-4-9-16-12;/h3-5,9H,6-8,10-11,15H2,1-2H3;1H. The van der Waals surface area contributed by atoms with Crippen molar-refractivity contribution in [1.29, 1.82) is 0 Å². The van der Waals surface area contributed by atoms with E-state index in [4.69, 9.17) is 10.5 Å². The molecule has 1 aliphatic heterocycles. The van der Waals surface area contributed by atoms with E-state index in [0.717, 1.165) is 25.9 Å². The second kappa shape index (κ2) is 6.00. The van der Waals surface area contributed by atoms with Gasteiger partial charge < -0.3 is 10.5 Å². The number of pyridine rings is 1. The predicted molar refractivity (Wildman–Crippen MR) is 76.1 cm³/mol. The first-order valence-corrected chi connectivity index (χ1v) is 6.34. The van der Waals surface area contributed by atoms with E-state index in [0.29, 0.717) is 6.54 Å². The maximum absolute atomic E-state index is 5.82. The van der Waals surface area contributed by atoms with Gasteiger partial charge in [0.15, 0.2) is 0 Å². The van der Waals surface area contributed by atoms with Gasteiger partial charge in [0, 0.05) is 23.9 Å². The maximum atomic E-state index is 5.82. The number of nitrogens with zero attached hydrogens (tertiary/aromatic N) is 1. The Kier molecular flexibility index (Phi) is 5.14. The molecule has 4 heteroatoms. The van der Waals surface area contributed by atoms with Crippen LogP contribution in [0.5, 0.6) is 0 Å². The summed E-state index contributed by atoms with van der Waals surface area (Å²) in [6.45, 7) is 5.80. The lowest BCUT2D eigenvalue weighted by atomic mass is 9.69. The van der Waals surface area contributed by atoms with Crippen LogP contribution in [0.15, 0.2) is 24.4 Å². The Morgan fingerprint density at radius 1 is 1.39 bits per heavy atom. The Bertz CT molecular complexity index is 365. The second-order valence-electron chi connectivity index (χ2n) is 5.57. The monoisotopic (exact) mass is 270 g/mol. The first-order chi connectivity index (χ1) is 8.08. The largest absolute Gasteiger partial charge is 0.376 e. The molecule has 102 valence electrons. The van der Waals surface area contributed by atoms with E-state index in [2.05, 4.69) is 31.0 Å². The van der Waals surface area contributed by atoms with Crippen LogP contribution < -0.4 is 5.73 Å². The maximum Gasteiger partial charge on any atom is 0.0635 e. The van der Waals surface area contributed by atoms with Crippen molar-refractivity contribution in [3.63, 3.8) is 0 Å². The summed E-state index contributed by atoms with van der Waals surface area (Å²) >= 11 is 0. The van der Waals surface area contributed by atoms with Crippen LogP contribution in [0.2, 0.25) is 0 Å². The Morgan fingerprint density at radius 3 is 2.72 bits per heavy atom. The molecule has 0 aliphatic carbocycles. The van der Waals surface area contributed by atoms with E-state index in [-0.39, 0.29) is 23.4 Å². The zero-order valence-corrected chi connectivity index (χ0v) is 12.0. The fourth-order valence-electron chi connectivity index (χ4n) is 2.99. The highest BCUT2D eigenvalue weighted by Crippen LogP contribution is 2.42. The van der Waals surface area contributed by atoms with Gasteiger partial charge in [-0.15, -0.1) is 12.4 Å². The Balaban J connectivity index is 0.00000162. The van der Waals surface area contributed by atoms with E-state index < -0.39 is 0 Å². The van der Waals surface area contributed by atoms with Gasteiger partial charge in [-0.25, -0.2) is 0 Å². The molecule has 1 atom stereocenters. The summed E-state index contributed by atoms with van der Waals surface area (Å²) in [5.41, 5.74) is 6.99. The van der Waals surface area contributed by atoms with Gasteiger partial charge in [0.05, 0.1) is 5.60 Å². The normalized spacial score (nSPS) is 26.4. The molecule has 1 aromatic rings. The minimum absolute atomic E-state index is 0. The third-order valence-corrected chi connectivity index (χ3v) is 3.67. The number of hydrogen-bond acceptors (Lipinski definition) is 3. The molecule has 1 aliphatic rings. The Morgan fingerprint density at radius 2 is 2.17 bits per heavy atom. The zero-order chi connectivity index (χ0) is 12.4. The summed E-state index contributed by atoms with van der Waals surface area (Å²) in [6, 6.07) is 6.14. The van der Waals surface area contributed by atoms with Crippen LogP contribution >= 0.6 is 12.4 Å². The molecule has 0 radical (unpaired) electrons. The molecule has 2 rings (SSSR count). The van der Waals surface area contributed by atoms with Gasteiger partial charge in [-0.3, -0.25) is 4.98 Å². The highest BCUT2D eigenvalue weighted by atomic mass is 35.5. The highest BCUT2D eigenvalue weighted by Gasteiger charge is 2.42. The van der Waals surface area contributed by atoms with Crippen LogP contribution in [0, 0.1) is 0 Å². The molecule has 2 N–H and O–H groups in total. The second-order valence-corrected chi connectivity index (χ2v) is 5.57. The van der Waals surface area contributed by atoms with Crippen molar-refractivity contribution in [3.8, 4) is 0 Å². The van der Waals surface area contributed by atoms with Crippen molar-refractivity contribution in [2.24, 2.45) is 5.73 Å². The summed E-state index contributed by atoms with van der Waals surface area (Å²) in [4.78, 5) is 4.55. The summed E-state index contributed by atoms with van der Waals surface area (Å²) in [6.07, 6.45) is 4.87. The third-order valence-electron chi connectivity index (χ3n) is 3.67. The van der Waals surface area contributed by atoms with E-state index in [1.54, 1.807) is 0 Å². The molecule has 2 heterocycles. The van der Waals surface area contributed by atoms with Crippen LogP contribution in [0.4, 0.5) is 0 Å². The van der Waals surface area contributed by atoms with Crippen molar-refractivity contribution in [2.75, 3.05) is 13.2 Å². The number of rotatable bonds is 3. The van der Waals surface area contributed by atoms with Gasteiger partial charge >= 0.3 is 0 Å². The molecule has 1 fully saturated rings. The van der Waals surface area contributed by atoms with Gasteiger partial charge in [0.2, 0.25) is 0 Å². The predicted octanol–water partition coefficient (Wildman–Crippen LogP) is 2.68. The minimum atomic E-state index is -0.0784. The lowest BCUT2D eigenvalue weighted by Crippen LogP contribution is -2.45. The summed E-state index contributed by atoms with van der Waals surface area (Å²) in [7, 11) is 0. The molecular weight excluding hydrogens is 248 g/mol. The number of nitrogens with two attached hydrogens (primary N) is 1. The zero-order valence-electron chi connectivity index (χ0n) is 11.2. The summed E-state index contributed by atoms with van der Waals surface area (Å²) in [5, 5.41) is 0. The van der Waals surface area contributed by atoms with E-state index in [1.807, 2.05) is 12.3 Å². The van der Waals surface area contributed by atoms with Crippen LogP contribution in [-0.2, 0) is 10.2 Å². The number of hydrogen-bond donors (Lipinski definition) is 1. The van der Waals surface area contributed by atoms with E-state index >= 15 is 0 Å². The van der Waals surface area contributed by atoms with Gasteiger partial charge in [-0.05, 0) is 51.8 Å². The lowest BCUT2D eigenvalue weighted by Gasteiger charge is -2.44. The molecule has 0 spiro atoms. The molecule has 1 saturated heterocycles. The fraction of sp³-hybridized carbons (Fsp3) is 0.643. The van der Waals surface area contributed by atoms with Gasteiger partial charge in [0.25, 0.3) is 0 Å². The van der Waals surface area contributed by atoms with Crippen molar-refractivity contribution in [1.82, 2.24) is 4.98 Å². The van der Waals surface area contributed by atoms with Crippen LogP contribution in [-0.4, -0.2) is 23.7 Å². The van der Waals surface area contributed by atoms with Crippen molar-refractivity contribution >= 4 is 12.4 Å². The quantitative estimate of drug-likeness (QED) is 0.919. The third kappa shape index (κ3) is 3.22. The SMILES string of the molecule is CC1(C)CC(CCN)(c2ccccn2)CCO1.Cl. The summed E-state index contributed by atoms with van der Waals surface area (Å²) in [5.74, 6) is 0. The molecule has 0 saturated carbocycles. The topological polar surface area (TPSA) is 48.1 Å². The molecule has 3 nitrogen and oxygen atoms in total. The molecule has 0 bridgehead atoms. The first kappa shape index (κ1) is 15.4. The van der Waals surface area contributed by atoms with Gasteiger partial charge in [-0.2, -0.15) is 0 Å². The van der Waals surface area contributed by atoms with E-state index in [9.17, 15) is 0 Å². The Labute approximate surface area is 116 Å². The molecular formula is C14H23ClN2O. The molecule has 1 aromatic heterocycles. The number of halogens is 1. The smallest absolute Gasteiger partial charge is 0.0635 e. The molecule has 0 amide bonds. The van der Waals surface area contributed by atoms with Crippen molar-refractivity contribution in [3.05, 3.63) is 30.1 Å². The van der Waals surface area contributed by atoms with Crippen molar-refractivity contribution in [2.45, 2.75) is 44.1 Å².